The SMILES string of the molecule is Nc1c(F)cc(C(c2cc(F)c(N)c(F)c2)c2cccc3ccccc23)cc1F. The molecule has 0 aliphatic heterocycles. The van der Waals surface area contributed by atoms with Gasteiger partial charge in [0, 0.05) is 5.92 Å². The fraction of sp³-hybridized carbons (Fsp3) is 0.0435. The molecule has 6 heteroatoms. The molecule has 0 aliphatic rings. The first-order valence-corrected chi connectivity index (χ1v) is 8.83. The summed E-state index contributed by atoms with van der Waals surface area (Å²) in [5, 5.41) is 1.66. The molecule has 0 heterocycles. The zero-order valence-electron chi connectivity index (χ0n) is 15.1. The number of benzene rings is 4. The molecule has 4 N–H and O–H groups in total. The van der Waals surface area contributed by atoms with Crippen molar-refractivity contribution < 1.29 is 17.6 Å². The molecule has 0 saturated carbocycles. The standard InChI is InChI=1S/C23H16F4N2/c24-17-8-13(9-18(25)22(17)28)21(14-10-19(26)23(29)20(27)11-14)16-7-3-5-12-4-1-2-6-15(12)16/h1-11,21H,28-29H2. The molecule has 0 aromatic heterocycles. The summed E-state index contributed by atoms with van der Waals surface area (Å²) < 4.78 is 56.9. The zero-order chi connectivity index (χ0) is 20.7. The summed E-state index contributed by atoms with van der Waals surface area (Å²) >= 11 is 0. The van der Waals surface area contributed by atoms with Crippen LogP contribution in [0.1, 0.15) is 22.6 Å². The number of hydrogen-bond donors (Lipinski definition) is 2. The topological polar surface area (TPSA) is 52.0 Å². The second-order valence-electron chi connectivity index (χ2n) is 6.80. The van der Waals surface area contributed by atoms with Crippen LogP contribution in [0.15, 0.2) is 66.7 Å². The largest absolute Gasteiger partial charge is 0.394 e. The highest BCUT2D eigenvalue weighted by atomic mass is 19.1. The molecule has 2 nitrogen and oxygen atoms in total. The van der Waals surface area contributed by atoms with Gasteiger partial charge in [0.05, 0.1) is 0 Å². The van der Waals surface area contributed by atoms with Crippen LogP contribution in [0.4, 0.5) is 28.9 Å². The molecule has 0 saturated heterocycles. The molecule has 0 unspecified atom stereocenters. The maximum absolute atomic E-state index is 14.2. The average molecular weight is 396 g/mol. The van der Waals surface area contributed by atoms with E-state index >= 15 is 0 Å². The van der Waals surface area contributed by atoms with Crippen molar-refractivity contribution >= 4 is 22.1 Å². The first kappa shape index (κ1) is 18.8. The van der Waals surface area contributed by atoms with Gasteiger partial charge in [-0.05, 0) is 51.7 Å². The van der Waals surface area contributed by atoms with Crippen LogP contribution in [-0.4, -0.2) is 0 Å². The smallest absolute Gasteiger partial charge is 0.149 e. The molecule has 0 bridgehead atoms. The van der Waals surface area contributed by atoms with E-state index < -0.39 is 40.6 Å². The third-order valence-electron chi connectivity index (χ3n) is 5.00. The summed E-state index contributed by atoms with van der Waals surface area (Å²) in [6.45, 7) is 0. The highest BCUT2D eigenvalue weighted by Crippen LogP contribution is 2.38. The van der Waals surface area contributed by atoms with Gasteiger partial charge < -0.3 is 11.5 Å². The van der Waals surface area contributed by atoms with Crippen LogP contribution in [-0.2, 0) is 0 Å². The number of anilines is 2. The highest BCUT2D eigenvalue weighted by Gasteiger charge is 2.24. The monoisotopic (exact) mass is 396 g/mol. The van der Waals surface area contributed by atoms with Crippen LogP contribution >= 0.6 is 0 Å². The summed E-state index contributed by atoms with van der Waals surface area (Å²) in [4.78, 5) is 0. The second kappa shape index (κ2) is 7.13. The van der Waals surface area contributed by atoms with Gasteiger partial charge in [0.25, 0.3) is 0 Å². The summed E-state index contributed by atoms with van der Waals surface area (Å²) in [7, 11) is 0. The van der Waals surface area contributed by atoms with Crippen LogP contribution < -0.4 is 11.5 Å². The molecule has 0 spiro atoms. The van der Waals surface area contributed by atoms with Gasteiger partial charge in [-0.3, -0.25) is 0 Å². The van der Waals surface area contributed by atoms with Crippen molar-refractivity contribution in [1.82, 2.24) is 0 Å². The molecule has 4 rings (SSSR count). The quantitative estimate of drug-likeness (QED) is 0.264. The third kappa shape index (κ3) is 3.27. The lowest BCUT2D eigenvalue weighted by atomic mass is 9.82. The fourth-order valence-corrected chi connectivity index (χ4v) is 3.59. The van der Waals surface area contributed by atoms with Crippen molar-refractivity contribution in [3.8, 4) is 0 Å². The molecule has 29 heavy (non-hydrogen) atoms. The van der Waals surface area contributed by atoms with Crippen molar-refractivity contribution in [2.75, 3.05) is 11.5 Å². The second-order valence-corrected chi connectivity index (χ2v) is 6.80. The number of nitrogen functional groups attached to an aromatic ring is 2. The summed E-state index contributed by atoms with van der Waals surface area (Å²) in [6.07, 6.45) is 0. The molecule has 0 atom stereocenters. The van der Waals surface area contributed by atoms with E-state index in [-0.39, 0.29) is 11.1 Å². The zero-order valence-corrected chi connectivity index (χ0v) is 15.1. The van der Waals surface area contributed by atoms with Crippen LogP contribution in [0.5, 0.6) is 0 Å². The van der Waals surface area contributed by atoms with E-state index in [0.29, 0.717) is 5.56 Å². The maximum atomic E-state index is 14.2. The minimum Gasteiger partial charge on any atom is -0.394 e. The minimum atomic E-state index is -0.943. The Kier molecular flexibility index (Phi) is 4.62. The predicted octanol–water partition coefficient (Wildman–Crippen LogP) is 5.74. The summed E-state index contributed by atoms with van der Waals surface area (Å²) in [6, 6.07) is 17.1. The van der Waals surface area contributed by atoms with E-state index in [1.165, 1.54) is 0 Å². The number of hydrogen-bond acceptors (Lipinski definition) is 2. The Balaban J connectivity index is 2.05. The maximum Gasteiger partial charge on any atom is 0.149 e. The Morgan fingerprint density at radius 3 is 1.55 bits per heavy atom. The Bertz CT molecular complexity index is 1130. The van der Waals surface area contributed by atoms with E-state index in [9.17, 15) is 17.6 Å². The molecule has 4 aromatic carbocycles. The molecule has 0 radical (unpaired) electrons. The lowest BCUT2D eigenvalue weighted by Crippen LogP contribution is -2.09. The van der Waals surface area contributed by atoms with Gasteiger partial charge >= 0.3 is 0 Å². The van der Waals surface area contributed by atoms with Gasteiger partial charge in [-0.15, -0.1) is 0 Å². The Labute approximate surface area is 164 Å². The lowest BCUT2D eigenvalue weighted by Gasteiger charge is -2.22. The summed E-state index contributed by atoms with van der Waals surface area (Å²) in [5.41, 5.74) is 10.6. The first-order chi connectivity index (χ1) is 13.9. The van der Waals surface area contributed by atoms with E-state index in [4.69, 9.17) is 11.5 Å². The number of rotatable bonds is 3. The fourth-order valence-electron chi connectivity index (χ4n) is 3.59. The molecule has 146 valence electrons. The van der Waals surface area contributed by atoms with Gasteiger partial charge in [-0.25, -0.2) is 17.6 Å². The number of fused-ring (bicyclic) bond motifs is 1. The molecule has 4 aromatic rings. The van der Waals surface area contributed by atoms with Crippen LogP contribution in [0.2, 0.25) is 0 Å². The van der Waals surface area contributed by atoms with E-state index in [1.54, 1.807) is 12.1 Å². The predicted molar refractivity (Wildman–Crippen MR) is 106 cm³/mol. The molecule has 0 aliphatic carbocycles. The van der Waals surface area contributed by atoms with E-state index in [1.807, 2.05) is 30.3 Å². The van der Waals surface area contributed by atoms with Crippen molar-refractivity contribution in [1.29, 1.82) is 0 Å². The van der Waals surface area contributed by atoms with Gasteiger partial charge in [0.1, 0.15) is 34.6 Å². The molecular weight excluding hydrogens is 380 g/mol. The highest BCUT2D eigenvalue weighted by molar-refractivity contribution is 5.87. The van der Waals surface area contributed by atoms with Gasteiger partial charge in [0.15, 0.2) is 0 Å². The minimum absolute atomic E-state index is 0.175. The lowest BCUT2D eigenvalue weighted by molar-refractivity contribution is 0.583. The number of nitrogens with two attached hydrogens (primary N) is 2. The van der Waals surface area contributed by atoms with Crippen LogP contribution in [0, 0.1) is 23.3 Å². The summed E-state index contributed by atoms with van der Waals surface area (Å²) in [5.74, 6) is -4.62. The number of halogens is 4. The van der Waals surface area contributed by atoms with E-state index in [0.717, 1.165) is 35.0 Å². The van der Waals surface area contributed by atoms with Crippen molar-refractivity contribution in [3.05, 3.63) is 107 Å². The normalized spacial score (nSPS) is 11.3. The van der Waals surface area contributed by atoms with Crippen molar-refractivity contribution in [2.24, 2.45) is 0 Å². The molecule has 0 amide bonds. The van der Waals surface area contributed by atoms with Gasteiger partial charge in [-0.1, -0.05) is 42.5 Å². The molecular formula is C23H16F4N2. The van der Waals surface area contributed by atoms with Gasteiger partial charge in [-0.2, -0.15) is 0 Å². The average Bonchev–Trinajstić information content (AvgIpc) is 2.70. The molecule has 0 fully saturated rings. The Morgan fingerprint density at radius 2 is 1.03 bits per heavy atom. The van der Waals surface area contributed by atoms with Crippen LogP contribution in [0.25, 0.3) is 10.8 Å². The van der Waals surface area contributed by atoms with Gasteiger partial charge in [0.2, 0.25) is 0 Å². The van der Waals surface area contributed by atoms with Crippen molar-refractivity contribution in [2.45, 2.75) is 5.92 Å². The third-order valence-corrected chi connectivity index (χ3v) is 5.00. The van der Waals surface area contributed by atoms with E-state index in [2.05, 4.69) is 0 Å². The van der Waals surface area contributed by atoms with Crippen molar-refractivity contribution in [3.63, 3.8) is 0 Å². The van der Waals surface area contributed by atoms with Crippen LogP contribution in [0.3, 0.4) is 0 Å². The first-order valence-electron chi connectivity index (χ1n) is 8.83. The Morgan fingerprint density at radius 1 is 0.586 bits per heavy atom. The Hall–Kier alpha value is -3.54.